The number of amides is 2. The molecule has 0 spiro atoms. The van der Waals surface area contributed by atoms with Gasteiger partial charge in [-0.25, -0.2) is 4.98 Å². The number of aromatic amines is 1. The van der Waals surface area contributed by atoms with E-state index in [2.05, 4.69) is 25.8 Å². The van der Waals surface area contributed by atoms with Gasteiger partial charge in [0.15, 0.2) is 5.82 Å². The van der Waals surface area contributed by atoms with Crippen molar-refractivity contribution >= 4 is 17.5 Å². The highest BCUT2D eigenvalue weighted by Gasteiger charge is 2.41. The first-order valence-corrected chi connectivity index (χ1v) is 9.76. The largest absolute Gasteiger partial charge is 0.353 e. The number of benzene rings is 1. The van der Waals surface area contributed by atoms with Crippen LogP contribution in [0.4, 0.5) is 5.69 Å². The summed E-state index contributed by atoms with van der Waals surface area (Å²) in [6.45, 7) is 2.01. The minimum Gasteiger partial charge on any atom is -0.353 e. The molecule has 142 valence electrons. The maximum atomic E-state index is 13.1. The van der Waals surface area contributed by atoms with E-state index in [4.69, 9.17) is 0 Å². The molecular formula is C20H25N5O2. The van der Waals surface area contributed by atoms with Crippen molar-refractivity contribution in [3.8, 4) is 11.4 Å². The molecule has 7 heteroatoms. The average molecular weight is 367 g/mol. The second-order valence-corrected chi connectivity index (χ2v) is 7.43. The van der Waals surface area contributed by atoms with Crippen molar-refractivity contribution in [2.24, 2.45) is 11.8 Å². The van der Waals surface area contributed by atoms with Crippen LogP contribution in [0.15, 0.2) is 24.3 Å². The first kappa shape index (κ1) is 17.7. The van der Waals surface area contributed by atoms with Gasteiger partial charge in [-0.1, -0.05) is 31.9 Å². The van der Waals surface area contributed by atoms with Gasteiger partial charge in [0.05, 0.1) is 11.6 Å². The Bertz CT molecular complexity index is 846. The zero-order chi connectivity index (χ0) is 18.8. The molecule has 27 heavy (non-hydrogen) atoms. The molecule has 3 N–H and O–H groups in total. The molecule has 2 heterocycles. The predicted molar refractivity (Wildman–Crippen MR) is 102 cm³/mol. The number of carbonyl (C=O) groups excluding carboxylic acids is 2. The summed E-state index contributed by atoms with van der Waals surface area (Å²) in [6.07, 6.45) is 5.22. The molecule has 1 aromatic carbocycles. The Labute approximate surface area is 158 Å². The van der Waals surface area contributed by atoms with Gasteiger partial charge in [0.1, 0.15) is 5.82 Å². The van der Waals surface area contributed by atoms with Gasteiger partial charge in [0, 0.05) is 24.4 Å². The molecule has 0 radical (unpaired) electrons. The molecule has 2 aliphatic rings. The van der Waals surface area contributed by atoms with Gasteiger partial charge in [0.2, 0.25) is 11.8 Å². The van der Waals surface area contributed by atoms with Crippen molar-refractivity contribution in [1.29, 1.82) is 0 Å². The van der Waals surface area contributed by atoms with Gasteiger partial charge in [0.25, 0.3) is 0 Å². The Morgan fingerprint density at radius 3 is 2.89 bits per heavy atom. The molecular weight excluding hydrogens is 342 g/mol. The summed E-state index contributed by atoms with van der Waals surface area (Å²) in [4.78, 5) is 29.6. The summed E-state index contributed by atoms with van der Waals surface area (Å²) in [5.74, 6) is 1.21. The number of carbonyl (C=O) groups is 2. The van der Waals surface area contributed by atoms with Crippen LogP contribution in [0.1, 0.15) is 44.9 Å². The maximum Gasteiger partial charge on any atom is 0.228 e. The SMILES string of the molecule is CCc1nc(-c2ccccc2NC(=O)C2CC(=O)NC3CCCCC32)n[nH]1. The minimum absolute atomic E-state index is 0.0202. The molecule has 1 saturated heterocycles. The van der Waals surface area contributed by atoms with Crippen molar-refractivity contribution in [3.05, 3.63) is 30.1 Å². The lowest BCUT2D eigenvalue weighted by molar-refractivity contribution is -0.134. The lowest BCUT2D eigenvalue weighted by atomic mass is 9.72. The number of aromatic nitrogens is 3. The zero-order valence-corrected chi connectivity index (χ0v) is 15.5. The number of fused-ring (bicyclic) bond motifs is 1. The number of hydrogen-bond donors (Lipinski definition) is 3. The molecule has 2 amide bonds. The zero-order valence-electron chi connectivity index (χ0n) is 15.5. The fourth-order valence-electron chi connectivity index (χ4n) is 4.31. The van der Waals surface area contributed by atoms with Gasteiger partial charge in [-0.15, -0.1) is 0 Å². The highest BCUT2D eigenvalue weighted by atomic mass is 16.2. The van der Waals surface area contributed by atoms with Crippen molar-refractivity contribution in [1.82, 2.24) is 20.5 Å². The molecule has 1 saturated carbocycles. The van der Waals surface area contributed by atoms with E-state index in [0.29, 0.717) is 11.5 Å². The number of aryl methyl sites for hydroxylation is 1. The lowest BCUT2D eigenvalue weighted by Gasteiger charge is -2.40. The maximum absolute atomic E-state index is 13.1. The van der Waals surface area contributed by atoms with E-state index >= 15 is 0 Å². The number of nitrogens with zero attached hydrogens (tertiary/aromatic N) is 2. The lowest BCUT2D eigenvalue weighted by Crippen LogP contribution is -2.53. The summed E-state index contributed by atoms with van der Waals surface area (Å²) in [5.41, 5.74) is 1.46. The van der Waals surface area contributed by atoms with Crippen molar-refractivity contribution in [3.63, 3.8) is 0 Å². The van der Waals surface area contributed by atoms with Gasteiger partial charge >= 0.3 is 0 Å². The molecule has 7 nitrogen and oxygen atoms in total. The van der Waals surface area contributed by atoms with Crippen LogP contribution in [0.2, 0.25) is 0 Å². The third-order valence-corrected chi connectivity index (χ3v) is 5.72. The number of hydrogen-bond acceptors (Lipinski definition) is 4. The summed E-state index contributed by atoms with van der Waals surface area (Å²) in [5, 5.41) is 13.3. The monoisotopic (exact) mass is 367 g/mol. The third kappa shape index (κ3) is 3.59. The van der Waals surface area contributed by atoms with Crippen LogP contribution < -0.4 is 10.6 Å². The van der Waals surface area contributed by atoms with E-state index in [9.17, 15) is 9.59 Å². The van der Waals surface area contributed by atoms with Crippen LogP contribution in [0.3, 0.4) is 0 Å². The fourth-order valence-corrected chi connectivity index (χ4v) is 4.31. The highest BCUT2D eigenvalue weighted by Crippen LogP contribution is 2.36. The smallest absolute Gasteiger partial charge is 0.228 e. The summed E-state index contributed by atoms with van der Waals surface area (Å²) >= 11 is 0. The number of piperidine rings is 1. The molecule has 1 aliphatic carbocycles. The second kappa shape index (κ2) is 7.50. The Morgan fingerprint density at radius 1 is 1.26 bits per heavy atom. The Kier molecular flexibility index (Phi) is 4.92. The molecule has 2 aromatic rings. The van der Waals surface area contributed by atoms with Gasteiger partial charge in [-0.3, -0.25) is 14.7 Å². The van der Waals surface area contributed by atoms with E-state index in [1.54, 1.807) is 0 Å². The predicted octanol–water partition coefficient (Wildman–Crippen LogP) is 2.67. The van der Waals surface area contributed by atoms with Gasteiger partial charge in [-0.05, 0) is 30.9 Å². The van der Waals surface area contributed by atoms with Crippen LogP contribution in [0, 0.1) is 11.8 Å². The minimum atomic E-state index is -0.282. The van der Waals surface area contributed by atoms with Crippen LogP contribution in [0.5, 0.6) is 0 Å². The number of rotatable bonds is 4. The third-order valence-electron chi connectivity index (χ3n) is 5.72. The van der Waals surface area contributed by atoms with E-state index in [-0.39, 0.29) is 36.1 Å². The number of anilines is 1. The summed E-state index contributed by atoms with van der Waals surface area (Å²) < 4.78 is 0. The second-order valence-electron chi connectivity index (χ2n) is 7.43. The molecule has 3 atom stereocenters. The quantitative estimate of drug-likeness (QED) is 0.773. The summed E-state index contributed by atoms with van der Waals surface area (Å²) in [7, 11) is 0. The van der Waals surface area contributed by atoms with E-state index in [0.717, 1.165) is 43.5 Å². The highest BCUT2D eigenvalue weighted by molar-refractivity contribution is 5.98. The van der Waals surface area contributed by atoms with Crippen LogP contribution in [-0.2, 0) is 16.0 Å². The van der Waals surface area contributed by atoms with E-state index < -0.39 is 0 Å². The van der Waals surface area contributed by atoms with Gasteiger partial charge in [-0.2, -0.15) is 5.10 Å². The average Bonchev–Trinajstić information content (AvgIpc) is 3.16. The van der Waals surface area contributed by atoms with Crippen LogP contribution >= 0.6 is 0 Å². The van der Waals surface area contributed by atoms with Crippen LogP contribution in [-0.4, -0.2) is 33.0 Å². The Balaban J connectivity index is 1.56. The van der Waals surface area contributed by atoms with E-state index in [1.807, 2.05) is 31.2 Å². The number of nitrogens with one attached hydrogen (secondary N) is 3. The topological polar surface area (TPSA) is 99.8 Å². The van der Waals surface area contributed by atoms with Crippen molar-refractivity contribution in [2.75, 3.05) is 5.32 Å². The number of H-pyrrole nitrogens is 1. The molecule has 2 fully saturated rings. The van der Waals surface area contributed by atoms with Crippen molar-refractivity contribution in [2.45, 2.75) is 51.5 Å². The molecule has 0 bridgehead atoms. The van der Waals surface area contributed by atoms with E-state index in [1.165, 1.54) is 0 Å². The standard InChI is InChI=1S/C20H25N5O2/c1-2-17-23-19(25-24-17)13-8-4-6-10-16(13)22-20(27)14-11-18(26)21-15-9-5-3-7-12(14)15/h4,6,8,10,12,14-15H,2-3,5,7,9,11H2,1H3,(H,21,26)(H,22,27)(H,23,24,25). The first-order valence-electron chi connectivity index (χ1n) is 9.76. The summed E-state index contributed by atoms with van der Waals surface area (Å²) in [6, 6.07) is 7.67. The molecule has 4 rings (SSSR count). The first-order chi connectivity index (χ1) is 13.2. The van der Waals surface area contributed by atoms with Crippen molar-refractivity contribution < 1.29 is 9.59 Å². The molecule has 1 aromatic heterocycles. The number of para-hydroxylation sites is 1. The molecule has 1 aliphatic heterocycles. The Morgan fingerprint density at radius 2 is 2.07 bits per heavy atom. The normalized spacial score (nSPS) is 24.8. The Hall–Kier alpha value is -2.70. The van der Waals surface area contributed by atoms with Gasteiger partial charge < -0.3 is 10.6 Å². The fraction of sp³-hybridized carbons (Fsp3) is 0.500. The van der Waals surface area contributed by atoms with Crippen LogP contribution in [0.25, 0.3) is 11.4 Å². The molecule has 3 unspecified atom stereocenters.